The third-order valence-electron chi connectivity index (χ3n) is 1.54. The second kappa shape index (κ2) is 2.81. The molecule has 2 aromatic rings. The molecule has 0 spiro atoms. The van der Waals surface area contributed by atoms with Crippen molar-refractivity contribution in [2.24, 2.45) is 0 Å². The molecular formula is C6H2ClF3N4. The van der Waals surface area contributed by atoms with Gasteiger partial charge >= 0.3 is 6.18 Å². The maximum atomic E-state index is 12.4. The fourth-order valence-corrected chi connectivity index (χ4v) is 1.19. The number of rotatable bonds is 0. The molecule has 4 nitrogen and oxygen atoms in total. The summed E-state index contributed by atoms with van der Waals surface area (Å²) in [6, 6.07) is 0. The molecule has 0 aromatic carbocycles. The van der Waals surface area contributed by atoms with E-state index in [1.807, 2.05) is 0 Å². The number of nitrogens with zero attached hydrogens (tertiary/aromatic N) is 3. The van der Waals surface area contributed by atoms with Crippen LogP contribution in [0.25, 0.3) is 11.0 Å². The average molecular weight is 223 g/mol. The molecule has 0 aliphatic carbocycles. The molecule has 0 fully saturated rings. The number of alkyl halides is 3. The topological polar surface area (TPSA) is 54.5 Å². The zero-order chi connectivity index (χ0) is 10.3. The summed E-state index contributed by atoms with van der Waals surface area (Å²) in [5, 5.41) is 5.15. The van der Waals surface area contributed by atoms with Crippen LogP contribution in [-0.4, -0.2) is 20.2 Å². The van der Waals surface area contributed by atoms with Gasteiger partial charge in [-0.05, 0) is 11.6 Å². The van der Waals surface area contributed by atoms with Crippen LogP contribution >= 0.6 is 11.6 Å². The normalized spacial score (nSPS) is 12.3. The van der Waals surface area contributed by atoms with Crippen molar-refractivity contribution in [3.63, 3.8) is 0 Å². The lowest BCUT2D eigenvalue weighted by atomic mass is 10.3. The molecule has 1 N–H and O–H groups in total. The molecule has 0 atom stereocenters. The highest BCUT2D eigenvalue weighted by Crippen LogP contribution is 2.32. The Hall–Kier alpha value is -1.37. The minimum absolute atomic E-state index is 0.0392. The summed E-state index contributed by atoms with van der Waals surface area (Å²) in [6.07, 6.45) is -3.42. The number of hydrogen-bond donors (Lipinski definition) is 1. The van der Waals surface area contributed by atoms with Gasteiger partial charge in [0.2, 0.25) is 5.28 Å². The molecule has 0 bridgehead atoms. The summed E-state index contributed by atoms with van der Waals surface area (Å²) in [4.78, 5) is 6.67. The average Bonchev–Trinajstić information content (AvgIpc) is 2.47. The summed E-state index contributed by atoms with van der Waals surface area (Å²) in [6.45, 7) is 0. The smallest absolute Gasteiger partial charge is 0.274 e. The molecule has 0 radical (unpaired) electrons. The van der Waals surface area contributed by atoms with E-state index in [0.717, 1.165) is 6.20 Å². The molecule has 8 heteroatoms. The third-order valence-corrected chi connectivity index (χ3v) is 1.71. The Bertz CT molecular complexity index is 477. The summed E-state index contributed by atoms with van der Waals surface area (Å²) < 4.78 is 37.1. The van der Waals surface area contributed by atoms with Gasteiger partial charge in [0.1, 0.15) is 11.0 Å². The van der Waals surface area contributed by atoms with Crippen molar-refractivity contribution in [2.45, 2.75) is 6.18 Å². The fourth-order valence-electron chi connectivity index (χ4n) is 1.02. The van der Waals surface area contributed by atoms with Crippen LogP contribution in [0.1, 0.15) is 5.69 Å². The highest BCUT2D eigenvalue weighted by molar-refractivity contribution is 6.28. The summed E-state index contributed by atoms with van der Waals surface area (Å²) in [7, 11) is 0. The molecule has 0 saturated heterocycles. The zero-order valence-electron chi connectivity index (χ0n) is 6.43. The number of hydrogen-bond acceptors (Lipinski definition) is 3. The Morgan fingerprint density at radius 2 is 2.00 bits per heavy atom. The minimum Gasteiger partial charge on any atom is -0.274 e. The Kier molecular flexibility index (Phi) is 1.84. The van der Waals surface area contributed by atoms with Crippen LogP contribution < -0.4 is 0 Å². The maximum Gasteiger partial charge on any atom is 0.435 e. The number of nitrogens with one attached hydrogen (secondary N) is 1. The number of aromatic nitrogens is 4. The van der Waals surface area contributed by atoms with Crippen LogP contribution in [0.15, 0.2) is 6.20 Å². The second-order valence-corrected chi connectivity index (χ2v) is 2.81. The minimum atomic E-state index is -4.57. The van der Waals surface area contributed by atoms with Crippen LogP contribution in [0.3, 0.4) is 0 Å². The van der Waals surface area contributed by atoms with E-state index in [1.165, 1.54) is 0 Å². The maximum absolute atomic E-state index is 12.4. The van der Waals surface area contributed by atoms with Gasteiger partial charge in [-0.2, -0.15) is 18.3 Å². The standard InChI is InChI=1S/C6H2ClF3N4/c7-5-12-2-1-11-14-3(2)4(13-5)6(8,9)10/h1H,(H,11,14). The van der Waals surface area contributed by atoms with Crippen LogP contribution in [0.2, 0.25) is 5.28 Å². The van der Waals surface area contributed by atoms with Gasteiger partial charge in [0.15, 0.2) is 5.69 Å². The first kappa shape index (κ1) is 9.20. The van der Waals surface area contributed by atoms with E-state index in [1.54, 1.807) is 0 Å². The van der Waals surface area contributed by atoms with Gasteiger partial charge in [0.05, 0.1) is 6.20 Å². The monoisotopic (exact) mass is 222 g/mol. The third kappa shape index (κ3) is 1.39. The summed E-state index contributed by atoms with van der Waals surface area (Å²) in [5.41, 5.74) is -1.33. The molecule has 0 saturated carbocycles. The van der Waals surface area contributed by atoms with Gasteiger partial charge in [-0.1, -0.05) is 0 Å². The van der Waals surface area contributed by atoms with E-state index in [4.69, 9.17) is 11.6 Å². The molecular weight excluding hydrogens is 221 g/mol. The highest BCUT2D eigenvalue weighted by atomic mass is 35.5. The van der Waals surface area contributed by atoms with E-state index in [9.17, 15) is 13.2 Å². The van der Waals surface area contributed by atoms with E-state index in [0.29, 0.717) is 0 Å². The Balaban J connectivity index is 2.80. The van der Waals surface area contributed by atoms with Crippen molar-refractivity contribution in [3.05, 3.63) is 17.2 Å². The van der Waals surface area contributed by atoms with Crippen molar-refractivity contribution < 1.29 is 13.2 Å². The Morgan fingerprint density at radius 1 is 1.29 bits per heavy atom. The molecule has 2 heterocycles. The molecule has 14 heavy (non-hydrogen) atoms. The van der Waals surface area contributed by atoms with Crippen molar-refractivity contribution in [3.8, 4) is 0 Å². The van der Waals surface area contributed by atoms with Gasteiger partial charge in [-0.15, -0.1) is 0 Å². The number of halogens is 4. The SMILES string of the molecule is FC(F)(F)c1nc(Cl)nc2cn[nH]c12. The Morgan fingerprint density at radius 3 is 2.64 bits per heavy atom. The van der Waals surface area contributed by atoms with Gasteiger partial charge < -0.3 is 0 Å². The molecule has 0 amide bonds. The first-order valence-corrected chi connectivity index (χ1v) is 3.80. The van der Waals surface area contributed by atoms with Gasteiger partial charge in [-0.3, -0.25) is 5.10 Å². The Labute approximate surface area is 80.1 Å². The predicted octanol–water partition coefficient (Wildman–Crippen LogP) is 2.03. The molecule has 2 aromatic heterocycles. The molecule has 2 rings (SSSR count). The van der Waals surface area contributed by atoms with Crippen LogP contribution in [-0.2, 0) is 6.18 Å². The number of fused-ring (bicyclic) bond motifs is 1. The second-order valence-electron chi connectivity index (χ2n) is 2.47. The van der Waals surface area contributed by atoms with Crippen molar-refractivity contribution in [1.82, 2.24) is 20.2 Å². The summed E-state index contributed by atoms with van der Waals surface area (Å²) in [5.74, 6) is 0. The van der Waals surface area contributed by atoms with Crippen molar-refractivity contribution in [2.75, 3.05) is 0 Å². The predicted molar refractivity (Wildman–Crippen MR) is 41.7 cm³/mol. The lowest BCUT2D eigenvalue weighted by Gasteiger charge is -2.05. The molecule has 0 unspecified atom stereocenters. The number of H-pyrrole nitrogens is 1. The first-order chi connectivity index (χ1) is 6.48. The van der Waals surface area contributed by atoms with Crippen LogP contribution in [0.5, 0.6) is 0 Å². The van der Waals surface area contributed by atoms with E-state index in [-0.39, 0.29) is 11.0 Å². The highest BCUT2D eigenvalue weighted by Gasteiger charge is 2.36. The van der Waals surface area contributed by atoms with Gasteiger partial charge in [0.25, 0.3) is 0 Å². The van der Waals surface area contributed by atoms with Crippen molar-refractivity contribution in [1.29, 1.82) is 0 Å². The quantitative estimate of drug-likeness (QED) is 0.694. The molecule has 0 aliphatic rings. The van der Waals surface area contributed by atoms with Crippen molar-refractivity contribution >= 4 is 22.6 Å². The van der Waals surface area contributed by atoms with Gasteiger partial charge in [-0.25, -0.2) is 9.97 Å². The molecule has 74 valence electrons. The van der Waals surface area contributed by atoms with E-state index in [2.05, 4.69) is 20.2 Å². The van der Waals surface area contributed by atoms with Crippen LogP contribution in [0, 0.1) is 0 Å². The fraction of sp³-hybridized carbons (Fsp3) is 0.167. The van der Waals surface area contributed by atoms with E-state index < -0.39 is 17.2 Å². The lowest BCUT2D eigenvalue weighted by Crippen LogP contribution is -2.09. The summed E-state index contributed by atoms with van der Waals surface area (Å²) >= 11 is 5.32. The van der Waals surface area contributed by atoms with Crippen LogP contribution in [0.4, 0.5) is 13.2 Å². The lowest BCUT2D eigenvalue weighted by molar-refractivity contribution is -0.140. The largest absolute Gasteiger partial charge is 0.435 e. The zero-order valence-corrected chi connectivity index (χ0v) is 7.19. The van der Waals surface area contributed by atoms with Gasteiger partial charge in [0, 0.05) is 0 Å². The molecule has 0 aliphatic heterocycles. The van der Waals surface area contributed by atoms with E-state index >= 15 is 0 Å². The first-order valence-electron chi connectivity index (χ1n) is 3.42. The number of aromatic amines is 1.